The summed E-state index contributed by atoms with van der Waals surface area (Å²) < 4.78 is 17.1. The molecule has 4 rings (SSSR count). The SMILES string of the molecule is Cc1c(P(=O)(c2ccccc2)c2ccccc2)nc(-c2ccccc2)n1CC(C)C. The molecule has 3 nitrogen and oxygen atoms in total. The van der Waals surface area contributed by atoms with Crippen molar-refractivity contribution in [3.8, 4) is 11.4 Å². The van der Waals surface area contributed by atoms with Gasteiger partial charge in [-0.3, -0.25) is 0 Å². The van der Waals surface area contributed by atoms with E-state index in [-0.39, 0.29) is 0 Å². The average molecular weight is 414 g/mol. The molecule has 0 saturated heterocycles. The Balaban J connectivity index is 2.01. The summed E-state index contributed by atoms with van der Waals surface area (Å²) in [5, 5.41) is 1.63. The fraction of sp³-hybridized carbons (Fsp3) is 0.192. The number of nitrogens with zero attached hydrogens (tertiary/aromatic N) is 2. The zero-order chi connectivity index (χ0) is 21.1. The second kappa shape index (κ2) is 8.45. The Kier molecular flexibility index (Phi) is 5.74. The molecule has 1 aromatic heterocycles. The largest absolute Gasteiger partial charge is 0.327 e. The molecule has 4 aromatic rings. The van der Waals surface area contributed by atoms with Crippen LogP contribution in [0.25, 0.3) is 11.4 Å². The van der Waals surface area contributed by atoms with Crippen molar-refractivity contribution in [2.24, 2.45) is 5.92 Å². The number of hydrogen-bond donors (Lipinski definition) is 0. The fourth-order valence-corrected chi connectivity index (χ4v) is 6.67. The number of benzene rings is 3. The molecule has 0 fully saturated rings. The Bertz CT molecular complexity index is 1120. The molecular formula is C26H27N2OP. The van der Waals surface area contributed by atoms with E-state index >= 15 is 0 Å². The van der Waals surface area contributed by atoms with Gasteiger partial charge in [0.1, 0.15) is 11.3 Å². The molecule has 0 radical (unpaired) electrons. The molecule has 0 spiro atoms. The highest BCUT2D eigenvalue weighted by atomic mass is 31.2. The van der Waals surface area contributed by atoms with Crippen molar-refractivity contribution in [1.82, 2.24) is 9.55 Å². The van der Waals surface area contributed by atoms with Gasteiger partial charge in [-0.25, -0.2) is 4.98 Å². The maximum absolute atomic E-state index is 14.8. The summed E-state index contributed by atoms with van der Waals surface area (Å²) in [6.45, 7) is 7.27. The molecule has 0 aliphatic heterocycles. The lowest BCUT2D eigenvalue weighted by Gasteiger charge is -2.19. The van der Waals surface area contributed by atoms with Crippen LogP contribution in [-0.2, 0) is 11.1 Å². The highest BCUT2D eigenvalue weighted by Crippen LogP contribution is 2.43. The van der Waals surface area contributed by atoms with E-state index in [1.807, 2.05) is 78.9 Å². The number of aromatic nitrogens is 2. The molecule has 0 amide bonds. The predicted molar refractivity (Wildman–Crippen MR) is 127 cm³/mol. The first-order chi connectivity index (χ1) is 14.5. The van der Waals surface area contributed by atoms with Crippen molar-refractivity contribution in [3.63, 3.8) is 0 Å². The molecule has 0 aliphatic carbocycles. The molecule has 0 bridgehead atoms. The van der Waals surface area contributed by atoms with Crippen LogP contribution in [0.15, 0.2) is 91.0 Å². The fourth-order valence-electron chi connectivity index (χ4n) is 3.89. The van der Waals surface area contributed by atoms with E-state index in [2.05, 4.69) is 37.5 Å². The van der Waals surface area contributed by atoms with Crippen LogP contribution in [0.2, 0.25) is 0 Å². The molecular weight excluding hydrogens is 387 g/mol. The van der Waals surface area contributed by atoms with Gasteiger partial charge < -0.3 is 9.13 Å². The number of rotatable bonds is 6. The summed E-state index contributed by atoms with van der Waals surface area (Å²) in [6, 6.07) is 29.7. The van der Waals surface area contributed by atoms with Gasteiger partial charge in [0.05, 0.1) is 0 Å². The van der Waals surface area contributed by atoms with Crippen molar-refractivity contribution >= 4 is 23.2 Å². The molecule has 4 heteroatoms. The van der Waals surface area contributed by atoms with Gasteiger partial charge in [-0.1, -0.05) is 105 Å². The molecule has 152 valence electrons. The topological polar surface area (TPSA) is 34.9 Å². The minimum atomic E-state index is -3.12. The van der Waals surface area contributed by atoms with Gasteiger partial charge in [-0.05, 0) is 12.8 Å². The van der Waals surface area contributed by atoms with Gasteiger partial charge >= 0.3 is 0 Å². The molecule has 0 atom stereocenters. The molecule has 0 saturated carbocycles. The van der Waals surface area contributed by atoms with Crippen LogP contribution in [0, 0.1) is 12.8 Å². The quantitative estimate of drug-likeness (QED) is 0.409. The smallest absolute Gasteiger partial charge is 0.190 e. The van der Waals surface area contributed by atoms with Crippen LogP contribution < -0.4 is 16.0 Å². The lowest BCUT2D eigenvalue weighted by atomic mass is 10.2. The minimum absolute atomic E-state index is 0.445. The standard InChI is InChI=1S/C26H27N2OP/c1-20(2)19-28-21(3)26(27-25(28)22-13-7-4-8-14-22)30(29,23-15-9-5-10-16-23)24-17-11-6-12-18-24/h4-18,20H,19H2,1-3H3. The van der Waals surface area contributed by atoms with Crippen LogP contribution >= 0.6 is 7.14 Å². The third-order valence-corrected chi connectivity index (χ3v) is 8.38. The lowest BCUT2D eigenvalue weighted by Crippen LogP contribution is -2.27. The van der Waals surface area contributed by atoms with E-state index in [0.29, 0.717) is 11.4 Å². The summed E-state index contributed by atoms with van der Waals surface area (Å²) in [7, 11) is -3.12. The Morgan fingerprint density at radius 2 is 1.27 bits per heavy atom. The van der Waals surface area contributed by atoms with Crippen LogP contribution in [0.1, 0.15) is 19.5 Å². The Labute approximate surface area is 178 Å². The van der Waals surface area contributed by atoms with Crippen molar-refractivity contribution in [1.29, 1.82) is 0 Å². The van der Waals surface area contributed by atoms with E-state index < -0.39 is 7.14 Å². The first kappa shape index (κ1) is 20.4. The number of hydrogen-bond acceptors (Lipinski definition) is 2. The zero-order valence-corrected chi connectivity index (χ0v) is 18.6. The van der Waals surface area contributed by atoms with E-state index in [9.17, 15) is 4.57 Å². The molecule has 30 heavy (non-hydrogen) atoms. The monoisotopic (exact) mass is 414 g/mol. The van der Waals surface area contributed by atoms with Crippen LogP contribution in [0.4, 0.5) is 0 Å². The zero-order valence-electron chi connectivity index (χ0n) is 17.7. The second-order valence-electron chi connectivity index (χ2n) is 8.00. The summed E-state index contributed by atoms with van der Waals surface area (Å²) in [4.78, 5) is 5.06. The lowest BCUT2D eigenvalue weighted by molar-refractivity contribution is 0.519. The van der Waals surface area contributed by atoms with Gasteiger partial charge in [0.15, 0.2) is 7.14 Å². The van der Waals surface area contributed by atoms with Crippen LogP contribution in [-0.4, -0.2) is 9.55 Å². The van der Waals surface area contributed by atoms with Gasteiger partial charge in [-0.2, -0.15) is 0 Å². The third-order valence-electron chi connectivity index (χ3n) is 5.31. The summed E-state index contributed by atoms with van der Waals surface area (Å²) in [6.07, 6.45) is 0. The van der Waals surface area contributed by atoms with Gasteiger partial charge in [0.2, 0.25) is 0 Å². The van der Waals surface area contributed by atoms with Gasteiger partial charge in [0.25, 0.3) is 0 Å². The Hall–Kier alpha value is -2.90. The van der Waals surface area contributed by atoms with Crippen molar-refractivity contribution < 1.29 is 4.57 Å². The third kappa shape index (κ3) is 3.66. The Morgan fingerprint density at radius 1 is 0.800 bits per heavy atom. The maximum Gasteiger partial charge on any atom is 0.190 e. The van der Waals surface area contributed by atoms with Gasteiger partial charge in [-0.15, -0.1) is 0 Å². The first-order valence-electron chi connectivity index (χ1n) is 10.4. The average Bonchev–Trinajstić information content (AvgIpc) is 3.11. The summed E-state index contributed by atoms with van der Waals surface area (Å²) in [5.41, 5.74) is 2.69. The van der Waals surface area contributed by atoms with E-state index in [4.69, 9.17) is 4.98 Å². The van der Waals surface area contributed by atoms with Crippen LogP contribution in [0.3, 0.4) is 0 Å². The molecule has 0 unspecified atom stereocenters. The van der Waals surface area contributed by atoms with Crippen molar-refractivity contribution in [2.75, 3.05) is 0 Å². The predicted octanol–water partition coefficient (Wildman–Crippen LogP) is 5.15. The van der Waals surface area contributed by atoms with E-state index in [0.717, 1.165) is 34.2 Å². The van der Waals surface area contributed by atoms with Crippen molar-refractivity contribution in [2.45, 2.75) is 27.3 Å². The minimum Gasteiger partial charge on any atom is -0.327 e. The van der Waals surface area contributed by atoms with Crippen molar-refractivity contribution in [3.05, 3.63) is 96.7 Å². The second-order valence-corrected chi connectivity index (χ2v) is 10.7. The molecule has 1 heterocycles. The van der Waals surface area contributed by atoms with E-state index in [1.54, 1.807) is 0 Å². The molecule has 0 N–H and O–H groups in total. The normalized spacial score (nSPS) is 11.7. The first-order valence-corrected chi connectivity index (χ1v) is 12.1. The van der Waals surface area contributed by atoms with Gasteiger partial charge in [0, 0.05) is 28.4 Å². The highest BCUT2D eigenvalue weighted by molar-refractivity contribution is 7.85. The molecule has 3 aromatic carbocycles. The highest BCUT2D eigenvalue weighted by Gasteiger charge is 2.35. The van der Waals surface area contributed by atoms with E-state index in [1.165, 1.54) is 0 Å². The number of imidazole rings is 1. The molecule has 0 aliphatic rings. The van der Waals surface area contributed by atoms with Crippen LogP contribution in [0.5, 0.6) is 0 Å². The Morgan fingerprint density at radius 3 is 1.73 bits per heavy atom. The summed E-state index contributed by atoms with van der Waals surface area (Å²) >= 11 is 0. The summed E-state index contributed by atoms with van der Waals surface area (Å²) in [5.74, 6) is 1.32. The maximum atomic E-state index is 14.8.